The molecule has 0 spiro atoms. The molecule has 0 radical (unpaired) electrons. The van der Waals surface area contributed by atoms with Gasteiger partial charge in [0.25, 0.3) is 0 Å². The van der Waals surface area contributed by atoms with Crippen LogP contribution >= 0.6 is 11.3 Å². The number of rotatable bonds is 5. The normalized spacial score (nSPS) is 15.5. The van der Waals surface area contributed by atoms with Gasteiger partial charge in [0.1, 0.15) is 5.82 Å². The molecule has 0 bridgehead atoms. The monoisotopic (exact) mass is 346 g/mol. The second-order valence-electron chi connectivity index (χ2n) is 5.86. The van der Waals surface area contributed by atoms with Crippen LogP contribution in [0.3, 0.4) is 0 Å². The number of amides is 1. The summed E-state index contributed by atoms with van der Waals surface area (Å²) in [5.74, 6) is -0.114. The second-order valence-corrected chi connectivity index (χ2v) is 6.81. The summed E-state index contributed by atoms with van der Waals surface area (Å²) >= 11 is 1.46. The summed E-state index contributed by atoms with van der Waals surface area (Å²) in [6.07, 6.45) is 0.286. The lowest BCUT2D eigenvalue weighted by atomic mass is 10.1. The minimum Gasteiger partial charge on any atom is -0.340 e. The molecule has 2 heterocycles. The third kappa shape index (κ3) is 4.27. The summed E-state index contributed by atoms with van der Waals surface area (Å²) in [6.45, 7) is 3.05. The van der Waals surface area contributed by atoms with E-state index >= 15 is 0 Å². The van der Waals surface area contributed by atoms with Crippen LogP contribution in [0, 0.1) is 5.82 Å². The topological polar surface area (TPSA) is 40.6 Å². The Morgan fingerprint density at radius 3 is 2.38 bits per heavy atom. The number of benzene rings is 1. The average Bonchev–Trinajstić information content (AvgIpc) is 3.12. The molecule has 1 aliphatic rings. The molecule has 2 aromatic rings. The molecule has 1 amide bonds. The van der Waals surface area contributed by atoms with Crippen molar-refractivity contribution in [2.75, 3.05) is 32.7 Å². The Morgan fingerprint density at radius 1 is 1.04 bits per heavy atom. The molecular formula is C18H19FN2O2S. The molecule has 1 aliphatic heterocycles. The van der Waals surface area contributed by atoms with E-state index in [4.69, 9.17) is 0 Å². The lowest BCUT2D eigenvalue weighted by molar-refractivity contribution is -0.132. The highest BCUT2D eigenvalue weighted by molar-refractivity contribution is 7.12. The molecular weight excluding hydrogens is 327 g/mol. The summed E-state index contributed by atoms with van der Waals surface area (Å²) in [4.78, 5) is 29.1. The first-order valence-corrected chi connectivity index (χ1v) is 8.81. The van der Waals surface area contributed by atoms with Crippen LogP contribution in [-0.4, -0.2) is 54.2 Å². The largest absolute Gasteiger partial charge is 0.340 e. The molecule has 3 rings (SSSR count). The molecule has 0 N–H and O–H groups in total. The molecule has 0 aliphatic carbocycles. The Morgan fingerprint density at radius 2 is 1.75 bits per heavy atom. The van der Waals surface area contributed by atoms with E-state index in [9.17, 15) is 14.0 Å². The molecule has 1 aromatic heterocycles. The van der Waals surface area contributed by atoms with Gasteiger partial charge in [0.2, 0.25) is 5.91 Å². The van der Waals surface area contributed by atoms with E-state index in [0.29, 0.717) is 32.7 Å². The van der Waals surface area contributed by atoms with Gasteiger partial charge in [0.15, 0.2) is 5.78 Å². The number of ketones is 1. The average molecular weight is 346 g/mol. The zero-order chi connectivity index (χ0) is 16.9. The van der Waals surface area contributed by atoms with Crippen molar-refractivity contribution in [2.24, 2.45) is 0 Å². The molecule has 0 atom stereocenters. The number of piperazine rings is 1. The van der Waals surface area contributed by atoms with E-state index in [0.717, 1.165) is 10.4 Å². The van der Waals surface area contributed by atoms with Crippen LogP contribution < -0.4 is 0 Å². The van der Waals surface area contributed by atoms with Gasteiger partial charge in [0.05, 0.1) is 17.8 Å². The van der Waals surface area contributed by atoms with E-state index in [1.807, 2.05) is 22.4 Å². The Kier molecular flexibility index (Phi) is 5.37. The smallest absolute Gasteiger partial charge is 0.227 e. The van der Waals surface area contributed by atoms with Gasteiger partial charge < -0.3 is 4.90 Å². The number of hydrogen-bond donors (Lipinski definition) is 0. The summed E-state index contributed by atoms with van der Waals surface area (Å²) in [5.41, 5.74) is 0.816. The maximum Gasteiger partial charge on any atom is 0.227 e. The number of Topliss-reactive ketones (excluding diaryl/α,β-unsaturated/α-hetero) is 1. The fraction of sp³-hybridized carbons (Fsp3) is 0.333. The van der Waals surface area contributed by atoms with E-state index < -0.39 is 0 Å². The van der Waals surface area contributed by atoms with Crippen LogP contribution in [0.25, 0.3) is 0 Å². The van der Waals surface area contributed by atoms with Crippen LogP contribution in [0.5, 0.6) is 0 Å². The van der Waals surface area contributed by atoms with Crippen molar-refractivity contribution >= 4 is 23.0 Å². The Bertz CT molecular complexity index is 692. The lowest BCUT2D eigenvalue weighted by Gasteiger charge is -2.34. The van der Waals surface area contributed by atoms with Gasteiger partial charge in [-0.1, -0.05) is 18.2 Å². The Hall–Kier alpha value is -2.05. The summed E-state index contributed by atoms with van der Waals surface area (Å²) in [7, 11) is 0. The van der Waals surface area contributed by atoms with Gasteiger partial charge in [-0.3, -0.25) is 14.5 Å². The minimum absolute atomic E-state index is 0.0471. The predicted octanol–water partition coefficient (Wildman–Crippen LogP) is 2.46. The van der Waals surface area contributed by atoms with Gasteiger partial charge in [-0.2, -0.15) is 0 Å². The summed E-state index contributed by atoms with van der Waals surface area (Å²) in [5, 5.41) is 1.90. The third-order valence-corrected chi connectivity index (χ3v) is 5.07. The number of nitrogens with zero attached hydrogens (tertiary/aromatic N) is 2. The van der Waals surface area contributed by atoms with E-state index in [1.165, 1.54) is 23.5 Å². The molecule has 1 saturated heterocycles. The fourth-order valence-electron chi connectivity index (χ4n) is 2.76. The number of hydrogen-bond acceptors (Lipinski definition) is 4. The van der Waals surface area contributed by atoms with Crippen molar-refractivity contribution < 1.29 is 14.0 Å². The fourth-order valence-corrected chi connectivity index (χ4v) is 3.42. The SMILES string of the molecule is O=C(CN1CCN(C(=O)Cc2ccc(F)cc2)CC1)c1cccs1. The first-order valence-electron chi connectivity index (χ1n) is 7.93. The first kappa shape index (κ1) is 16.8. The molecule has 0 saturated carbocycles. The van der Waals surface area contributed by atoms with Crippen molar-refractivity contribution in [1.29, 1.82) is 0 Å². The Labute approximate surface area is 144 Å². The molecule has 0 unspecified atom stereocenters. The zero-order valence-corrected chi connectivity index (χ0v) is 14.1. The van der Waals surface area contributed by atoms with Crippen molar-refractivity contribution in [1.82, 2.24) is 9.80 Å². The molecule has 1 aromatic carbocycles. The number of halogens is 1. The van der Waals surface area contributed by atoms with Gasteiger partial charge in [-0.05, 0) is 29.1 Å². The minimum atomic E-state index is -0.296. The molecule has 24 heavy (non-hydrogen) atoms. The molecule has 1 fully saturated rings. The van der Waals surface area contributed by atoms with Gasteiger partial charge in [-0.15, -0.1) is 11.3 Å². The molecule has 126 valence electrons. The van der Waals surface area contributed by atoms with Crippen LogP contribution in [0.1, 0.15) is 15.2 Å². The summed E-state index contributed by atoms with van der Waals surface area (Å²) in [6, 6.07) is 9.75. The highest BCUT2D eigenvalue weighted by Crippen LogP contribution is 2.12. The predicted molar refractivity (Wildman–Crippen MR) is 91.8 cm³/mol. The molecule has 4 nitrogen and oxygen atoms in total. The maximum absolute atomic E-state index is 12.9. The second kappa shape index (κ2) is 7.68. The van der Waals surface area contributed by atoms with Crippen LogP contribution in [-0.2, 0) is 11.2 Å². The third-order valence-electron chi connectivity index (χ3n) is 4.16. The highest BCUT2D eigenvalue weighted by Gasteiger charge is 2.23. The number of thiophene rings is 1. The van der Waals surface area contributed by atoms with Crippen LogP contribution in [0.15, 0.2) is 41.8 Å². The van der Waals surface area contributed by atoms with Crippen LogP contribution in [0.4, 0.5) is 4.39 Å². The van der Waals surface area contributed by atoms with E-state index in [1.54, 1.807) is 12.1 Å². The maximum atomic E-state index is 12.9. The summed E-state index contributed by atoms with van der Waals surface area (Å²) < 4.78 is 12.9. The first-order chi connectivity index (χ1) is 11.6. The standard InChI is InChI=1S/C18H19FN2O2S/c19-15-5-3-14(4-6-15)12-18(23)21-9-7-20(8-10-21)13-16(22)17-2-1-11-24-17/h1-6,11H,7-10,12-13H2. The lowest BCUT2D eigenvalue weighted by Crippen LogP contribution is -2.50. The zero-order valence-electron chi connectivity index (χ0n) is 13.3. The quantitative estimate of drug-likeness (QED) is 0.781. The van der Waals surface area contributed by atoms with Gasteiger partial charge in [-0.25, -0.2) is 4.39 Å². The highest BCUT2D eigenvalue weighted by atomic mass is 32.1. The molecule has 6 heteroatoms. The van der Waals surface area contributed by atoms with Crippen molar-refractivity contribution in [2.45, 2.75) is 6.42 Å². The van der Waals surface area contributed by atoms with Gasteiger partial charge in [0, 0.05) is 26.2 Å². The van der Waals surface area contributed by atoms with Crippen molar-refractivity contribution in [3.63, 3.8) is 0 Å². The number of carbonyl (C=O) groups is 2. The van der Waals surface area contributed by atoms with E-state index in [2.05, 4.69) is 4.90 Å². The number of carbonyl (C=O) groups excluding carboxylic acids is 2. The van der Waals surface area contributed by atoms with Crippen molar-refractivity contribution in [3.8, 4) is 0 Å². The van der Waals surface area contributed by atoms with Crippen molar-refractivity contribution in [3.05, 3.63) is 58.0 Å². The Balaban J connectivity index is 1.47. The van der Waals surface area contributed by atoms with Crippen LogP contribution in [0.2, 0.25) is 0 Å². The van der Waals surface area contributed by atoms with E-state index in [-0.39, 0.29) is 23.9 Å². The van der Waals surface area contributed by atoms with Gasteiger partial charge >= 0.3 is 0 Å².